The molecule has 2 aromatic carbocycles. The van der Waals surface area contributed by atoms with Crippen molar-refractivity contribution in [2.45, 2.75) is 18.7 Å². The third kappa shape index (κ3) is 3.33. The lowest BCUT2D eigenvalue weighted by molar-refractivity contribution is 0.600. The van der Waals surface area contributed by atoms with Crippen LogP contribution in [0.5, 0.6) is 0 Å². The number of nitrogen functional groups attached to an aromatic ring is 1. The minimum absolute atomic E-state index is 0.226. The number of rotatable bonds is 3. The summed E-state index contributed by atoms with van der Waals surface area (Å²) in [5.41, 5.74) is 7.84. The molecule has 21 heavy (non-hydrogen) atoms. The summed E-state index contributed by atoms with van der Waals surface area (Å²) in [7, 11) is -3.72. The van der Waals surface area contributed by atoms with Gasteiger partial charge in [0.25, 0.3) is 10.0 Å². The van der Waals surface area contributed by atoms with Crippen LogP contribution >= 0.6 is 27.5 Å². The van der Waals surface area contributed by atoms with Crippen molar-refractivity contribution in [2.75, 3.05) is 10.5 Å². The quantitative estimate of drug-likeness (QED) is 0.776. The molecule has 2 aromatic rings. The molecule has 0 saturated heterocycles. The number of hydrogen-bond donors (Lipinski definition) is 2. The first-order chi connectivity index (χ1) is 9.72. The van der Waals surface area contributed by atoms with Gasteiger partial charge < -0.3 is 5.73 Å². The highest BCUT2D eigenvalue weighted by Gasteiger charge is 2.21. The maximum atomic E-state index is 12.6. The second-order valence-corrected chi connectivity index (χ2v) is 7.51. The maximum Gasteiger partial charge on any atom is 0.262 e. The van der Waals surface area contributed by atoms with Crippen LogP contribution < -0.4 is 10.5 Å². The fraction of sp³-hybridized carbons (Fsp3) is 0.143. The number of benzene rings is 2. The molecule has 0 saturated carbocycles. The van der Waals surface area contributed by atoms with Crippen molar-refractivity contribution in [3.05, 3.63) is 51.0 Å². The Bertz CT molecular complexity index is 784. The van der Waals surface area contributed by atoms with Gasteiger partial charge in [0.2, 0.25) is 0 Å². The standard InChI is InChI=1S/C14H14BrClN2O2S/c1-8-6-10(17)7-9(2)14(8)21(19,20)18-12-5-3-4-11(16)13(12)15/h3-7,18H,17H2,1-2H3. The number of aryl methyl sites for hydroxylation is 2. The summed E-state index contributed by atoms with van der Waals surface area (Å²) in [4.78, 5) is 0.226. The Morgan fingerprint density at radius 3 is 2.33 bits per heavy atom. The predicted octanol–water partition coefficient (Wildman–Crippen LogP) is 4.10. The lowest BCUT2D eigenvalue weighted by Gasteiger charge is -2.15. The van der Waals surface area contributed by atoms with Crippen LogP contribution in [-0.2, 0) is 10.0 Å². The van der Waals surface area contributed by atoms with E-state index in [0.717, 1.165) is 0 Å². The zero-order chi connectivity index (χ0) is 15.8. The third-order valence-electron chi connectivity index (χ3n) is 2.95. The summed E-state index contributed by atoms with van der Waals surface area (Å²) < 4.78 is 28.3. The number of hydrogen-bond acceptors (Lipinski definition) is 3. The molecule has 0 atom stereocenters. The topological polar surface area (TPSA) is 72.2 Å². The van der Waals surface area contributed by atoms with E-state index in [4.69, 9.17) is 17.3 Å². The molecule has 112 valence electrons. The molecular weight excluding hydrogens is 376 g/mol. The monoisotopic (exact) mass is 388 g/mol. The minimum Gasteiger partial charge on any atom is -0.399 e. The summed E-state index contributed by atoms with van der Waals surface area (Å²) in [6.45, 7) is 3.43. The molecule has 0 spiro atoms. The van der Waals surface area contributed by atoms with Crippen molar-refractivity contribution in [1.82, 2.24) is 0 Å². The maximum absolute atomic E-state index is 12.6. The molecule has 7 heteroatoms. The van der Waals surface area contributed by atoms with Gasteiger partial charge in [-0.15, -0.1) is 0 Å². The van der Waals surface area contributed by atoms with Gasteiger partial charge in [0, 0.05) is 5.69 Å². The molecule has 0 heterocycles. The second-order valence-electron chi connectivity index (χ2n) is 4.69. The van der Waals surface area contributed by atoms with Crippen molar-refractivity contribution >= 4 is 48.9 Å². The van der Waals surface area contributed by atoms with Crippen molar-refractivity contribution in [1.29, 1.82) is 0 Å². The molecule has 0 aliphatic carbocycles. The van der Waals surface area contributed by atoms with Gasteiger partial charge in [0.1, 0.15) is 0 Å². The van der Waals surface area contributed by atoms with Crippen LogP contribution in [0.2, 0.25) is 5.02 Å². The van der Waals surface area contributed by atoms with Gasteiger partial charge in [0.05, 0.1) is 20.1 Å². The minimum atomic E-state index is -3.72. The lowest BCUT2D eigenvalue weighted by atomic mass is 10.1. The van der Waals surface area contributed by atoms with Crippen LogP contribution in [0.4, 0.5) is 11.4 Å². The normalized spacial score (nSPS) is 11.4. The predicted molar refractivity (Wildman–Crippen MR) is 90.3 cm³/mol. The van der Waals surface area contributed by atoms with Crippen molar-refractivity contribution < 1.29 is 8.42 Å². The number of nitrogens with one attached hydrogen (secondary N) is 1. The molecule has 0 unspecified atom stereocenters. The molecule has 0 bridgehead atoms. The van der Waals surface area contributed by atoms with Crippen molar-refractivity contribution in [3.8, 4) is 0 Å². The van der Waals surface area contributed by atoms with Gasteiger partial charge in [-0.1, -0.05) is 17.7 Å². The smallest absolute Gasteiger partial charge is 0.262 e. The lowest BCUT2D eigenvalue weighted by Crippen LogP contribution is -2.16. The van der Waals surface area contributed by atoms with E-state index in [1.54, 1.807) is 44.2 Å². The third-order valence-corrected chi connectivity index (χ3v) is 6.01. The average Bonchev–Trinajstić information content (AvgIpc) is 2.33. The van der Waals surface area contributed by atoms with Gasteiger partial charge >= 0.3 is 0 Å². The summed E-state index contributed by atoms with van der Waals surface area (Å²) in [6, 6.07) is 8.25. The van der Waals surface area contributed by atoms with Gasteiger partial charge in [-0.2, -0.15) is 0 Å². The molecule has 0 radical (unpaired) electrons. The summed E-state index contributed by atoms with van der Waals surface area (Å²) in [5, 5.41) is 0.431. The molecule has 0 fully saturated rings. The van der Waals surface area contributed by atoms with E-state index < -0.39 is 10.0 Å². The van der Waals surface area contributed by atoms with Crippen LogP contribution in [-0.4, -0.2) is 8.42 Å². The van der Waals surface area contributed by atoms with E-state index in [9.17, 15) is 8.42 Å². The van der Waals surface area contributed by atoms with E-state index in [1.807, 2.05) is 0 Å². The molecule has 0 aliphatic rings. The zero-order valence-corrected chi connectivity index (χ0v) is 14.6. The highest BCUT2D eigenvalue weighted by molar-refractivity contribution is 9.10. The molecule has 0 aromatic heterocycles. The highest BCUT2D eigenvalue weighted by atomic mass is 79.9. The van der Waals surface area contributed by atoms with Gasteiger partial charge in [-0.05, 0) is 65.2 Å². The van der Waals surface area contributed by atoms with Crippen LogP contribution in [0.3, 0.4) is 0 Å². The molecule has 0 aliphatic heterocycles. The fourth-order valence-electron chi connectivity index (χ4n) is 2.19. The number of sulfonamides is 1. The van der Waals surface area contributed by atoms with Crippen molar-refractivity contribution in [3.63, 3.8) is 0 Å². The molecule has 2 rings (SSSR count). The Morgan fingerprint density at radius 1 is 1.19 bits per heavy atom. The average molecular weight is 390 g/mol. The van der Waals surface area contributed by atoms with E-state index >= 15 is 0 Å². The molecular formula is C14H14BrClN2O2S. The summed E-state index contributed by atoms with van der Waals surface area (Å²) >= 11 is 9.25. The Labute approximate surface area is 137 Å². The Morgan fingerprint density at radius 2 is 1.76 bits per heavy atom. The SMILES string of the molecule is Cc1cc(N)cc(C)c1S(=O)(=O)Nc1cccc(Cl)c1Br. The number of halogens is 2. The second kappa shape index (κ2) is 5.87. The van der Waals surface area contributed by atoms with Gasteiger partial charge in [0.15, 0.2) is 0 Å². The van der Waals surface area contributed by atoms with Crippen LogP contribution in [0.15, 0.2) is 39.7 Å². The van der Waals surface area contributed by atoms with Gasteiger partial charge in [-0.25, -0.2) is 8.42 Å². The van der Waals surface area contributed by atoms with Crippen LogP contribution in [0, 0.1) is 13.8 Å². The molecule has 4 nitrogen and oxygen atoms in total. The Kier molecular flexibility index (Phi) is 4.51. The largest absolute Gasteiger partial charge is 0.399 e. The molecule has 3 N–H and O–H groups in total. The fourth-order valence-corrected chi connectivity index (χ4v) is 4.38. The van der Waals surface area contributed by atoms with E-state index in [1.165, 1.54) is 0 Å². The zero-order valence-electron chi connectivity index (χ0n) is 11.4. The summed E-state index contributed by atoms with van der Waals surface area (Å²) in [5.74, 6) is 0. The van der Waals surface area contributed by atoms with Crippen molar-refractivity contribution in [2.24, 2.45) is 0 Å². The Balaban J connectivity index is 2.51. The Hall–Kier alpha value is -1.24. The first-order valence-corrected chi connectivity index (χ1v) is 8.71. The number of anilines is 2. The van der Waals surface area contributed by atoms with Gasteiger partial charge in [-0.3, -0.25) is 4.72 Å². The first kappa shape index (κ1) is 16.1. The van der Waals surface area contributed by atoms with Crippen LogP contribution in [0.25, 0.3) is 0 Å². The van der Waals surface area contributed by atoms with E-state index in [-0.39, 0.29) is 4.90 Å². The van der Waals surface area contributed by atoms with E-state index in [0.29, 0.717) is 32.0 Å². The number of nitrogens with two attached hydrogens (primary N) is 1. The van der Waals surface area contributed by atoms with E-state index in [2.05, 4.69) is 20.7 Å². The molecule has 0 amide bonds. The highest BCUT2D eigenvalue weighted by Crippen LogP contribution is 2.32. The van der Waals surface area contributed by atoms with Crippen LogP contribution in [0.1, 0.15) is 11.1 Å². The summed E-state index contributed by atoms with van der Waals surface area (Å²) in [6.07, 6.45) is 0. The first-order valence-electron chi connectivity index (χ1n) is 6.06.